The second kappa shape index (κ2) is 8.03. The highest BCUT2D eigenvalue weighted by Crippen LogP contribution is 2.23. The molecule has 1 saturated heterocycles. The average Bonchev–Trinajstić information content (AvgIpc) is 2.93. The van der Waals surface area contributed by atoms with E-state index in [1.807, 2.05) is 14.0 Å². The van der Waals surface area contributed by atoms with Crippen molar-refractivity contribution in [3.05, 3.63) is 22.5 Å². The van der Waals surface area contributed by atoms with Gasteiger partial charge in [0, 0.05) is 38.8 Å². The number of aromatic amines is 1. The number of nitrogens with zero attached hydrogens (tertiary/aromatic N) is 2. The summed E-state index contributed by atoms with van der Waals surface area (Å²) in [5, 5.41) is 0. The maximum Gasteiger partial charge on any atom is 0.339 e. The van der Waals surface area contributed by atoms with E-state index in [-0.39, 0.29) is 23.8 Å². The van der Waals surface area contributed by atoms with Gasteiger partial charge in [-0.25, -0.2) is 4.79 Å². The molecule has 1 aliphatic heterocycles. The highest BCUT2D eigenvalue weighted by atomic mass is 16.5. The quantitative estimate of drug-likeness (QED) is 0.638. The number of hydrogen-bond acceptors (Lipinski definition) is 5. The number of nitrogens with one attached hydrogen (secondary N) is 1. The summed E-state index contributed by atoms with van der Waals surface area (Å²) in [6.45, 7) is 8.53. The Kier molecular flexibility index (Phi) is 6.23. The summed E-state index contributed by atoms with van der Waals surface area (Å²) >= 11 is 0. The van der Waals surface area contributed by atoms with Crippen LogP contribution in [0.25, 0.3) is 0 Å². The standard InChI is InChI=1S/C19H29N3O4/c1-11-16(19(25)26-6)12(2)20-17(11)18(24)13(3)22-9-7-15(8-10-22)21(5)14(4)23/h13,15,20H,7-10H2,1-6H3. The van der Waals surface area contributed by atoms with E-state index in [9.17, 15) is 14.4 Å². The van der Waals surface area contributed by atoms with Crippen molar-refractivity contribution in [1.82, 2.24) is 14.8 Å². The molecule has 1 atom stereocenters. The first kappa shape index (κ1) is 20.2. The number of piperidine rings is 1. The Balaban J connectivity index is 2.09. The topological polar surface area (TPSA) is 82.7 Å². The summed E-state index contributed by atoms with van der Waals surface area (Å²) in [5.74, 6) is -0.393. The molecule has 1 unspecified atom stereocenters. The van der Waals surface area contributed by atoms with Crippen LogP contribution < -0.4 is 0 Å². The zero-order chi connectivity index (χ0) is 19.6. The highest BCUT2D eigenvalue weighted by molar-refractivity contribution is 6.03. The summed E-state index contributed by atoms with van der Waals surface area (Å²) in [7, 11) is 3.16. The Morgan fingerprint density at radius 3 is 2.31 bits per heavy atom. The van der Waals surface area contributed by atoms with Crippen molar-refractivity contribution in [2.24, 2.45) is 0 Å². The van der Waals surface area contributed by atoms with Crippen LogP contribution >= 0.6 is 0 Å². The first-order valence-corrected chi connectivity index (χ1v) is 8.98. The normalized spacial score (nSPS) is 17.0. The number of carbonyl (C=O) groups excluding carboxylic acids is 3. The van der Waals surface area contributed by atoms with E-state index in [2.05, 4.69) is 9.88 Å². The smallest absolute Gasteiger partial charge is 0.339 e. The maximum atomic E-state index is 13.0. The average molecular weight is 363 g/mol. The van der Waals surface area contributed by atoms with E-state index in [0.717, 1.165) is 25.9 Å². The SMILES string of the molecule is COC(=O)c1c(C)[nH]c(C(=O)C(C)N2CCC(N(C)C(C)=O)CC2)c1C. The van der Waals surface area contributed by atoms with Crippen LogP contribution in [0, 0.1) is 13.8 Å². The van der Waals surface area contributed by atoms with Gasteiger partial charge < -0.3 is 14.6 Å². The number of esters is 1. The minimum atomic E-state index is -0.434. The molecular formula is C19H29N3O4. The monoisotopic (exact) mass is 363 g/mol. The van der Waals surface area contributed by atoms with Gasteiger partial charge in [0.15, 0.2) is 5.78 Å². The van der Waals surface area contributed by atoms with Gasteiger partial charge in [0.2, 0.25) is 5.91 Å². The van der Waals surface area contributed by atoms with Crippen LogP contribution in [0.1, 0.15) is 58.8 Å². The van der Waals surface area contributed by atoms with Gasteiger partial charge in [0.05, 0.1) is 24.4 Å². The molecule has 1 fully saturated rings. The fourth-order valence-corrected chi connectivity index (χ4v) is 3.70. The number of methoxy groups -OCH3 is 1. The lowest BCUT2D eigenvalue weighted by Gasteiger charge is -2.38. The number of aryl methyl sites for hydroxylation is 1. The number of rotatable bonds is 5. The van der Waals surface area contributed by atoms with E-state index in [0.29, 0.717) is 22.5 Å². The molecule has 144 valence electrons. The van der Waals surface area contributed by atoms with Gasteiger partial charge in [0.1, 0.15) is 0 Å². The first-order valence-electron chi connectivity index (χ1n) is 8.98. The summed E-state index contributed by atoms with van der Waals surface area (Å²) < 4.78 is 4.81. The number of amides is 1. The molecule has 1 N–H and O–H groups in total. The lowest BCUT2D eigenvalue weighted by Crippen LogP contribution is -2.49. The fraction of sp³-hybridized carbons (Fsp3) is 0.632. The van der Waals surface area contributed by atoms with Crippen molar-refractivity contribution < 1.29 is 19.1 Å². The second-order valence-corrected chi connectivity index (χ2v) is 7.05. The molecule has 1 aliphatic rings. The van der Waals surface area contributed by atoms with Crippen LogP contribution in [0.15, 0.2) is 0 Å². The third kappa shape index (κ3) is 3.82. The van der Waals surface area contributed by atoms with E-state index in [1.54, 1.807) is 25.7 Å². The third-order valence-corrected chi connectivity index (χ3v) is 5.54. The predicted octanol–water partition coefficient (Wildman–Crippen LogP) is 1.93. The van der Waals surface area contributed by atoms with E-state index in [4.69, 9.17) is 4.74 Å². The Bertz CT molecular complexity index is 702. The zero-order valence-corrected chi connectivity index (χ0v) is 16.5. The lowest BCUT2D eigenvalue weighted by atomic mass is 9.99. The van der Waals surface area contributed by atoms with Gasteiger partial charge in [0.25, 0.3) is 0 Å². The molecule has 0 bridgehead atoms. The van der Waals surface area contributed by atoms with Gasteiger partial charge in [-0.2, -0.15) is 0 Å². The van der Waals surface area contributed by atoms with E-state index >= 15 is 0 Å². The number of carbonyl (C=O) groups is 3. The van der Waals surface area contributed by atoms with Crippen molar-refractivity contribution in [2.75, 3.05) is 27.2 Å². The number of likely N-dealkylation sites (tertiary alicyclic amines) is 1. The van der Waals surface area contributed by atoms with Crippen LogP contribution in [0.5, 0.6) is 0 Å². The van der Waals surface area contributed by atoms with Crippen LogP contribution in [-0.2, 0) is 9.53 Å². The summed E-state index contributed by atoms with van der Waals surface area (Å²) in [6, 6.07) is -0.0627. The summed E-state index contributed by atoms with van der Waals surface area (Å²) in [6.07, 6.45) is 1.70. The molecule has 0 aromatic carbocycles. The van der Waals surface area contributed by atoms with Crippen molar-refractivity contribution in [3.8, 4) is 0 Å². The number of hydrogen-bond donors (Lipinski definition) is 1. The molecule has 0 spiro atoms. The van der Waals surface area contributed by atoms with Gasteiger partial charge in [-0.05, 0) is 39.2 Å². The molecule has 0 saturated carbocycles. The summed E-state index contributed by atoms with van der Waals surface area (Å²) in [4.78, 5) is 43.4. The van der Waals surface area contributed by atoms with Crippen LogP contribution in [0.3, 0.4) is 0 Å². The first-order chi connectivity index (χ1) is 12.2. The Labute approximate surface area is 154 Å². The van der Waals surface area contributed by atoms with Gasteiger partial charge in [-0.3, -0.25) is 14.5 Å². The molecule has 0 aliphatic carbocycles. The molecular weight excluding hydrogens is 334 g/mol. The van der Waals surface area contributed by atoms with E-state index in [1.165, 1.54) is 7.11 Å². The molecule has 2 rings (SSSR count). The molecule has 7 heteroatoms. The Morgan fingerprint density at radius 1 is 1.23 bits per heavy atom. The molecule has 26 heavy (non-hydrogen) atoms. The number of ketones is 1. The van der Waals surface area contributed by atoms with Crippen LogP contribution in [0.2, 0.25) is 0 Å². The molecule has 1 aromatic rings. The third-order valence-electron chi connectivity index (χ3n) is 5.54. The predicted molar refractivity (Wildman–Crippen MR) is 98.4 cm³/mol. The Hall–Kier alpha value is -2.15. The number of H-pyrrole nitrogens is 1. The largest absolute Gasteiger partial charge is 0.465 e. The van der Waals surface area contributed by atoms with Gasteiger partial charge in [-0.1, -0.05) is 0 Å². The van der Waals surface area contributed by atoms with Crippen molar-refractivity contribution >= 4 is 17.7 Å². The number of Topliss-reactive ketones (excluding diaryl/α,β-unsaturated/α-hetero) is 1. The number of aromatic nitrogens is 1. The van der Waals surface area contributed by atoms with Crippen molar-refractivity contribution in [2.45, 2.75) is 52.6 Å². The highest BCUT2D eigenvalue weighted by Gasteiger charge is 2.32. The van der Waals surface area contributed by atoms with Gasteiger partial charge >= 0.3 is 5.97 Å². The van der Waals surface area contributed by atoms with Crippen molar-refractivity contribution in [1.29, 1.82) is 0 Å². The van der Waals surface area contributed by atoms with Crippen LogP contribution in [0.4, 0.5) is 0 Å². The molecule has 1 amide bonds. The maximum absolute atomic E-state index is 13.0. The molecule has 1 aromatic heterocycles. The minimum absolute atomic E-state index is 0.0286. The number of ether oxygens (including phenoxy) is 1. The van der Waals surface area contributed by atoms with Gasteiger partial charge in [-0.15, -0.1) is 0 Å². The zero-order valence-electron chi connectivity index (χ0n) is 16.5. The second-order valence-electron chi connectivity index (χ2n) is 7.05. The molecule has 0 radical (unpaired) electrons. The van der Waals surface area contributed by atoms with Crippen LogP contribution in [-0.4, -0.2) is 71.8 Å². The Morgan fingerprint density at radius 2 is 1.81 bits per heavy atom. The molecule has 2 heterocycles. The fourth-order valence-electron chi connectivity index (χ4n) is 3.70. The molecule has 7 nitrogen and oxygen atoms in total. The summed E-state index contributed by atoms with van der Waals surface area (Å²) in [5.41, 5.74) is 2.19. The van der Waals surface area contributed by atoms with Crippen molar-refractivity contribution in [3.63, 3.8) is 0 Å². The van der Waals surface area contributed by atoms with E-state index < -0.39 is 5.97 Å². The minimum Gasteiger partial charge on any atom is -0.465 e. The lowest BCUT2D eigenvalue weighted by molar-refractivity contribution is -0.130.